The van der Waals surface area contributed by atoms with Crippen LogP contribution in [0.1, 0.15) is 107 Å². The van der Waals surface area contributed by atoms with E-state index < -0.39 is 14.4 Å². The Kier molecular flexibility index (Phi) is 5.94. The summed E-state index contributed by atoms with van der Waals surface area (Å²) in [5.74, 6) is 5.23. The highest BCUT2D eigenvalue weighted by molar-refractivity contribution is 6.69. The number of fused-ring (bicyclic) bond motifs is 4. The van der Waals surface area contributed by atoms with Gasteiger partial charge >= 0.3 is 0 Å². The molecule has 5 aliphatic rings. The zero-order valence-corrected chi connectivity index (χ0v) is 24.1. The molecule has 0 amide bonds. The normalized spacial score (nSPS) is 52.4. The molecule has 3 heteroatoms. The molecule has 5 rings (SSSR count). The molecule has 2 nitrogen and oxygen atoms in total. The maximum absolute atomic E-state index is 9.25. The lowest BCUT2D eigenvalue weighted by molar-refractivity contribution is -0.120. The fraction of sp³-hybridized carbons (Fsp3) is 1.00. The highest BCUT2D eigenvalue weighted by atomic mass is 28.4. The van der Waals surface area contributed by atoms with Crippen LogP contribution in [0.3, 0.4) is 0 Å². The third-order valence-electron chi connectivity index (χ3n) is 11.6. The van der Waals surface area contributed by atoms with Crippen molar-refractivity contribution in [2.75, 3.05) is 0 Å². The number of hydrogen-bond donors (Lipinski definition) is 0. The van der Waals surface area contributed by atoms with E-state index in [4.69, 9.17) is 9.16 Å². The van der Waals surface area contributed by atoms with Crippen LogP contribution in [-0.2, 0) is 9.16 Å². The van der Waals surface area contributed by atoms with E-state index in [2.05, 4.69) is 54.3 Å². The van der Waals surface area contributed by atoms with Gasteiger partial charge in [-0.25, -0.2) is 0 Å². The van der Waals surface area contributed by atoms with Crippen LogP contribution < -0.4 is 0 Å². The maximum Gasteiger partial charge on any atom is 0.184 e. The minimum Gasteiger partial charge on any atom is -0.412 e. The monoisotopic (exact) mass is 475 g/mol. The Morgan fingerprint density at radius 2 is 1.70 bits per heavy atom. The molecular weight excluding hydrogens is 420 g/mol. The molecule has 1 spiro atoms. The molecule has 0 bridgehead atoms. The van der Waals surface area contributed by atoms with Gasteiger partial charge < -0.3 is 9.16 Å². The van der Waals surface area contributed by atoms with Crippen molar-refractivity contribution >= 4 is 8.32 Å². The first kappa shape index (κ1) is 23.5. The van der Waals surface area contributed by atoms with Crippen molar-refractivity contribution < 1.29 is 10.5 Å². The summed E-state index contributed by atoms with van der Waals surface area (Å²) in [5, 5.41) is 0. The van der Waals surface area contributed by atoms with E-state index in [0.717, 1.165) is 48.3 Å². The van der Waals surface area contributed by atoms with Gasteiger partial charge in [0.1, 0.15) is 11.7 Å². The van der Waals surface area contributed by atoms with E-state index >= 15 is 0 Å². The van der Waals surface area contributed by atoms with Gasteiger partial charge in [-0.15, -0.1) is 0 Å². The third kappa shape index (κ3) is 3.93. The van der Waals surface area contributed by atoms with Gasteiger partial charge in [0.15, 0.2) is 8.32 Å². The summed E-state index contributed by atoms with van der Waals surface area (Å²) < 4.78 is 22.4. The number of epoxide rings is 1. The summed E-state index contributed by atoms with van der Waals surface area (Å²) in [4.78, 5) is 0. The minimum atomic E-state index is -1.78. The zero-order valence-electron chi connectivity index (χ0n) is 24.1. The van der Waals surface area contributed by atoms with Crippen molar-refractivity contribution in [1.29, 1.82) is 0 Å². The van der Waals surface area contributed by atoms with Crippen LogP contribution in [0, 0.1) is 46.3 Å². The van der Waals surface area contributed by atoms with Crippen LogP contribution in [0.4, 0.5) is 0 Å². The molecule has 1 heterocycles. The molecule has 0 aromatic carbocycles. The summed E-state index contributed by atoms with van der Waals surface area (Å²) >= 11 is 0. The van der Waals surface area contributed by atoms with Gasteiger partial charge in [0, 0.05) is 5.41 Å². The average Bonchev–Trinajstić information content (AvgIpc) is 3.37. The van der Waals surface area contributed by atoms with E-state index in [9.17, 15) is 1.37 Å². The largest absolute Gasteiger partial charge is 0.412 e. The van der Waals surface area contributed by atoms with Gasteiger partial charge in [-0.05, 0) is 112 Å². The van der Waals surface area contributed by atoms with Gasteiger partial charge in [0.2, 0.25) is 0 Å². The fourth-order valence-electron chi connectivity index (χ4n) is 10.0. The lowest BCUT2D eigenvalue weighted by atomic mass is 9.44. The smallest absolute Gasteiger partial charge is 0.184 e. The van der Waals surface area contributed by atoms with Crippen molar-refractivity contribution in [3.63, 3.8) is 0 Å². The second-order valence-electron chi connectivity index (χ2n) is 14.9. The Labute approximate surface area is 207 Å². The first-order valence-electron chi connectivity index (χ1n) is 15.1. The van der Waals surface area contributed by atoms with E-state index in [1.807, 2.05) is 0 Å². The predicted octanol–water partition coefficient (Wildman–Crippen LogP) is 8.46. The second-order valence-corrected chi connectivity index (χ2v) is 19.4. The molecule has 1 saturated heterocycles. The van der Waals surface area contributed by atoms with Crippen LogP contribution in [-0.4, -0.2) is 26.1 Å². The molecule has 4 aliphatic carbocycles. The highest BCUT2D eigenvalue weighted by Crippen LogP contribution is 2.74. The third-order valence-corrected chi connectivity index (χ3v) is 12.5. The van der Waals surface area contributed by atoms with Crippen molar-refractivity contribution in [1.82, 2.24) is 0 Å². The predicted molar refractivity (Wildman–Crippen MR) is 141 cm³/mol. The Morgan fingerprint density at radius 3 is 2.39 bits per heavy atom. The van der Waals surface area contributed by atoms with Gasteiger partial charge in [-0.2, -0.15) is 0 Å². The molecule has 190 valence electrons. The standard InChI is InChI=1S/C30H54O2Si/c1-20(2)10-9-11-21(3)23-12-13-24-22-14-19-30-27(31-30)26(32-33(6,7)8)16-18-29(30,5)25(22)15-17-28(23,24)4/h20-27H,9-19H2,1-8H3/t21-,22+,23-,24+,25+,26+,27-,28-,29-,30-/m1/s1/i26D. The van der Waals surface area contributed by atoms with E-state index in [0.29, 0.717) is 5.41 Å². The lowest BCUT2D eigenvalue weighted by Gasteiger charge is -2.60. The molecular formula is C30H54O2Si. The van der Waals surface area contributed by atoms with Crippen molar-refractivity contribution in [3.05, 3.63) is 0 Å². The summed E-state index contributed by atoms with van der Waals surface area (Å²) in [5.41, 5.74) is 0.734. The SMILES string of the molecule is [2H][C@]1(O[Si](C)(C)C)CC[C@]2(C)[C@H]3CC[C@]4(C)[C@@H]([C@H](C)CCCC(C)C)CC[C@H]4[C@@H]3CC[C@]23O[C@H]13. The first-order valence-corrected chi connectivity index (χ1v) is 18.0. The molecule has 10 atom stereocenters. The summed E-state index contributed by atoms with van der Waals surface area (Å²) in [6, 6.07) is 0. The van der Waals surface area contributed by atoms with Crippen LogP contribution in [0.25, 0.3) is 0 Å². The lowest BCUT2D eigenvalue weighted by Crippen LogP contribution is -2.59. The number of rotatable bonds is 7. The molecule has 0 N–H and O–H groups in total. The molecule has 0 aromatic rings. The van der Waals surface area contributed by atoms with Crippen LogP contribution in [0.15, 0.2) is 0 Å². The molecule has 0 unspecified atom stereocenters. The van der Waals surface area contributed by atoms with Crippen LogP contribution >= 0.6 is 0 Å². The molecule has 33 heavy (non-hydrogen) atoms. The summed E-state index contributed by atoms with van der Waals surface area (Å²) in [6.07, 6.45) is 13.7. The second kappa shape index (κ2) is 8.34. The van der Waals surface area contributed by atoms with Crippen molar-refractivity contribution in [2.24, 2.45) is 46.3 Å². The van der Waals surface area contributed by atoms with Gasteiger partial charge in [-0.3, -0.25) is 0 Å². The summed E-state index contributed by atoms with van der Waals surface area (Å²) in [6.45, 7) is 19.3. The molecule has 5 fully saturated rings. The zero-order chi connectivity index (χ0) is 24.7. The Balaban J connectivity index is 1.31. The van der Waals surface area contributed by atoms with E-state index in [1.54, 1.807) is 0 Å². The fourth-order valence-corrected chi connectivity index (χ4v) is 11.0. The van der Waals surface area contributed by atoms with Gasteiger partial charge in [0.25, 0.3) is 0 Å². The van der Waals surface area contributed by atoms with Gasteiger partial charge in [0.05, 0.1) is 7.45 Å². The molecule has 0 radical (unpaired) electrons. The van der Waals surface area contributed by atoms with E-state index in [1.165, 1.54) is 57.8 Å². The topological polar surface area (TPSA) is 21.8 Å². The van der Waals surface area contributed by atoms with Crippen LogP contribution in [0.5, 0.6) is 0 Å². The number of ether oxygens (including phenoxy) is 1. The number of hydrogen-bond acceptors (Lipinski definition) is 2. The van der Waals surface area contributed by atoms with Crippen molar-refractivity contribution in [2.45, 2.75) is 143 Å². The molecule has 0 aromatic heterocycles. The summed E-state index contributed by atoms with van der Waals surface area (Å²) in [7, 11) is -1.78. The Morgan fingerprint density at radius 1 is 0.939 bits per heavy atom. The van der Waals surface area contributed by atoms with Crippen molar-refractivity contribution in [3.8, 4) is 0 Å². The van der Waals surface area contributed by atoms with Gasteiger partial charge in [-0.1, -0.05) is 53.9 Å². The van der Waals surface area contributed by atoms with Crippen LogP contribution in [0.2, 0.25) is 19.6 Å². The Bertz CT molecular complexity index is 780. The Hall–Kier alpha value is 0.137. The quantitative estimate of drug-likeness (QED) is 0.272. The first-order chi connectivity index (χ1) is 15.8. The van der Waals surface area contributed by atoms with E-state index in [-0.39, 0.29) is 17.1 Å². The minimum absolute atomic E-state index is 0.0111. The average molecular weight is 476 g/mol. The highest BCUT2D eigenvalue weighted by Gasteiger charge is 2.76. The molecule has 1 aliphatic heterocycles. The maximum atomic E-state index is 9.25. The molecule has 4 saturated carbocycles.